The van der Waals surface area contributed by atoms with Gasteiger partial charge in [0.2, 0.25) is 0 Å². The highest BCUT2D eigenvalue weighted by atomic mass is 16.6. The van der Waals surface area contributed by atoms with Gasteiger partial charge in [-0.2, -0.15) is 0 Å². The summed E-state index contributed by atoms with van der Waals surface area (Å²) in [6.45, 7) is 5.53. The molecule has 0 spiro atoms. The minimum atomic E-state index is -0.383. The fraction of sp³-hybridized carbons (Fsp3) is 0.562. The fourth-order valence-corrected chi connectivity index (χ4v) is 1.84. The summed E-state index contributed by atoms with van der Waals surface area (Å²) in [5.74, 6) is 0.998. The van der Waals surface area contributed by atoms with Gasteiger partial charge in [-0.3, -0.25) is 0 Å². The molecule has 1 aromatic carbocycles. The standard InChI is InChI=1S/C16H25NO4/c1-5-13(17)8-12-9-14(19-4)6-7-15(12)20-10-16(18)21-11(2)3/h6-7,9,11,13H,5,8,10,17H2,1-4H3. The number of methoxy groups -OCH3 is 1. The molecule has 1 atom stereocenters. The minimum Gasteiger partial charge on any atom is -0.497 e. The number of carbonyl (C=O) groups is 1. The van der Waals surface area contributed by atoms with Crippen molar-refractivity contribution in [3.05, 3.63) is 23.8 Å². The smallest absolute Gasteiger partial charge is 0.344 e. The number of hydrogen-bond acceptors (Lipinski definition) is 5. The number of nitrogens with two attached hydrogens (primary N) is 1. The Morgan fingerprint density at radius 1 is 1.33 bits per heavy atom. The van der Waals surface area contributed by atoms with E-state index in [2.05, 4.69) is 0 Å². The predicted molar refractivity (Wildman–Crippen MR) is 81.7 cm³/mol. The largest absolute Gasteiger partial charge is 0.497 e. The monoisotopic (exact) mass is 295 g/mol. The number of hydrogen-bond donors (Lipinski definition) is 1. The Labute approximate surface area is 126 Å². The SMILES string of the molecule is CCC(N)Cc1cc(OC)ccc1OCC(=O)OC(C)C. The highest BCUT2D eigenvalue weighted by Crippen LogP contribution is 2.25. The van der Waals surface area contributed by atoms with E-state index in [0.717, 1.165) is 17.7 Å². The van der Waals surface area contributed by atoms with Gasteiger partial charge < -0.3 is 19.9 Å². The third-order valence-corrected chi connectivity index (χ3v) is 2.99. The van der Waals surface area contributed by atoms with Crippen LogP contribution in [0.1, 0.15) is 32.8 Å². The van der Waals surface area contributed by atoms with Gasteiger partial charge in [0.25, 0.3) is 0 Å². The number of ether oxygens (including phenoxy) is 3. The Kier molecular flexibility index (Phi) is 7.02. The molecule has 1 aromatic rings. The first-order valence-corrected chi connectivity index (χ1v) is 7.21. The fourth-order valence-electron chi connectivity index (χ4n) is 1.84. The molecule has 0 fully saturated rings. The van der Waals surface area contributed by atoms with Crippen LogP contribution in [0.25, 0.3) is 0 Å². The van der Waals surface area contributed by atoms with Crippen LogP contribution < -0.4 is 15.2 Å². The van der Waals surface area contributed by atoms with Crippen LogP contribution in [0.2, 0.25) is 0 Å². The van der Waals surface area contributed by atoms with E-state index >= 15 is 0 Å². The molecular formula is C16H25NO4. The van der Waals surface area contributed by atoms with Gasteiger partial charge in [-0.15, -0.1) is 0 Å². The van der Waals surface area contributed by atoms with E-state index in [1.165, 1.54) is 0 Å². The van der Waals surface area contributed by atoms with E-state index in [1.54, 1.807) is 33.1 Å². The summed E-state index contributed by atoms with van der Waals surface area (Å²) < 4.78 is 15.8. The van der Waals surface area contributed by atoms with Gasteiger partial charge >= 0.3 is 5.97 Å². The summed E-state index contributed by atoms with van der Waals surface area (Å²) in [5.41, 5.74) is 6.93. The second-order valence-electron chi connectivity index (χ2n) is 5.17. The maximum Gasteiger partial charge on any atom is 0.344 e. The average Bonchev–Trinajstić information content (AvgIpc) is 2.44. The molecule has 1 unspecified atom stereocenters. The molecule has 0 heterocycles. The Morgan fingerprint density at radius 2 is 2.05 bits per heavy atom. The van der Waals surface area contributed by atoms with Crippen LogP contribution in [-0.2, 0) is 16.0 Å². The second-order valence-corrected chi connectivity index (χ2v) is 5.17. The molecule has 5 nitrogen and oxygen atoms in total. The maximum absolute atomic E-state index is 11.5. The molecule has 0 saturated carbocycles. The van der Waals surface area contributed by atoms with Crippen molar-refractivity contribution < 1.29 is 19.0 Å². The number of rotatable bonds is 8. The molecule has 1 rings (SSSR count). The summed E-state index contributed by atoms with van der Waals surface area (Å²) in [5, 5.41) is 0. The summed E-state index contributed by atoms with van der Waals surface area (Å²) in [4.78, 5) is 11.5. The lowest BCUT2D eigenvalue weighted by Gasteiger charge is -2.16. The highest BCUT2D eigenvalue weighted by molar-refractivity contribution is 5.71. The molecule has 118 valence electrons. The van der Waals surface area contributed by atoms with Gasteiger partial charge in [-0.1, -0.05) is 6.92 Å². The van der Waals surface area contributed by atoms with Crippen molar-refractivity contribution in [3.63, 3.8) is 0 Å². The van der Waals surface area contributed by atoms with E-state index < -0.39 is 0 Å². The minimum absolute atomic E-state index is 0.0436. The van der Waals surface area contributed by atoms with Crippen molar-refractivity contribution in [2.75, 3.05) is 13.7 Å². The zero-order valence-electron chi connectivity index (χ0n) is 13.2. The maximum atomic E-state index is 11.5. The normalized spacial score (nSPS) is 12.1. The number of benzene rings is 1. The van der Waals surface area contributed by atoms with Gasteiger partial charge in [0.05, 0.1) is 13.2 Å². The van der Waals surface area contributed by atoms with Crippen LogP contribution >= 0.6 is 0 Å². The molecule has 0 bridgehead atoms. The van der Waals surface area contributed by atoms with Crippen LogP contribution in [0.4, 0.5) is 0 Å². The second kappa shape index (κ2) is 8.52. The Hall–Kier alpha value is -1.75. The molecule has 21 heavy (non-hydrogen) atoms. The molecule has 0 aliphatic heterocycles. The highest BCUT2D eigenvalue weighted by Gasteiger charge is 2.12. The molecule has 0 saturated heterocycles. The van der Waals surface area contributed by atoms with Crippen LogP contribution in [0, 0.1) is 0 Å². The summed E-state index contributed by atoms with van der Waals surface area (Å²) >= 11 is 0. The van der Waals surface area contributed by atoms with Crippen LogP contribution in [-0.4, -0.2) is 31.8 Å². The third-order valence-electron chi connectivity index (χ3n) is 2.99. The summed E-state index contributed by atoms with van der Waals surface area (Å²) in [6.07, 6.45) is 1.39. The summed E-state index contributed by atoms with van der Waals surface area (Å²) in [6, 6.07) is 5.52. The van der Waals surface area contributed by atoms with Crippen molar-refractivity contribution in [2.45, 2.75) is 45.8 Å². The van der Waals surface area contributed by atoms with Gasteiger partial charge in [-0.25, -0.2) is 4.79 Å². The predicted octanol–water partition coefficient (Wildman–Crippen LogP) is 2.31. The molecular weight excluding hydrogens is 270 g/mol. The number of esters is 1. The first kappa shape index (κ1) is 17.3. The lowest BCUT2D eigenvalue weighted by Crippen LogP contribution is -2.23. The topological polar surface area (TPSA) is 70.8 Å². The van der Waals surface area contributed by atoms with Crippen molar-refractivity contribution in [1.29, 1.82) is 0 Å². The first-order valence-electron chi connectivity index (χ1n) is 7.21. The third kappa shape index (κ3) is 6.04. The Morgan fingerprint density at radius 3 is 2.62 bits per heavy atom. The molecule has 2 N–H and O–H groups in total. The van der Waals surface area contributed by atoms with Crippen LogP contribution in [0.3, 0.4) is 0 Å². The Balaban J connectivity index is 2.77. The lowest BCUT2D eigenvalue weighted by molar-refractivity contribution is -0.149. The molecule has 0 aliphatic rings. The lowest BCUT2D eigenvalue weighted by atomic mass is 10.0. The van der Waals surface area contributed by atoms with Gasteiger partial charge in [0.1, 0.15) is 11.5 Å². The van der Waals surface area contributed by atoms with Crippen molar-refractivity contribution in [1.82, 2.24) is 0 Å². The van der Waals surface area contributed by atoms with Crippen LogP contribution in [0.5, 0.6) is 11.5 Å². The van der Waals surface area contributed by atoms with Gasteiger partial charge in [-0.05, 0) is 50.5 Å². The zero-order valence-corrected chi connectivity index (χ0v) is 13.2. The quantitative estimate of drug-likeness (QED) is 0.745. The van der Waals surface area contributed by atoms with Gasteiger partial charge in [0, 0.05) is 6.04 Å². The van der Waals surface area contributed by atoms with E-state index in [9.17, 15) is 4.79 Å². The summed E-state index contributed by atoms with van der Waals surface area (Å²) in [7, 11) is 1.61. The molecule has 0 aromatic heterocycles. The van der Waals surface area contributed by atoms with E-state index in [0.29, 0.717) is 12.2 Å². The number of carbonyl (C=O) groups excluding carboxylic acids is 1. The molecule has 0 amide bonds. The van der Waals surface area contributed by atoms with Crippen molar-refractivity contribution >= 4 is 5.97 Å². The van der Waals surface area contributed by atoms with Gasteiger partial charge in [0.15, 0.2) is 6.61 Å². The van der Waals surface area contributed by atoms with Crippen LogP contribution in [0.15, 0.2) is 18.2 Å². The molecule has 0 aliphatic carbocycles. The average molecular weight is 295 g/mol. The Bertz CT molecular complexity index is 460. The zero-order chi connectivity index (χ0) is 15.8. The van der Waals surface area contributed by atoms with Crippen molar-refractivity contribution in [2.24, 2.45) is 5.73 Å². The molecule has 0 radical (unpaired) electrons. The first-order chi connectivity index (χ1) is 9.96. The molecule has 5 heteroatoms. The van der Waals surface area contributed by atoms with E-state index in [1.807, 2.05) is 13.0 Å². The van der Waals surface area contributed by atoms with Crippen molar-refractivity contribution in [3.8, 4) is 11.5 Å². The van der Waals surface area contributed by atoms with E-state index in [4.69, 9.17) is 19.9 Å². The van der Waals surface area contributed by atoms with E-state index in [-0.39, 0.29) is 24.7 Å².